The van der Waals surface area contributed by atoms with Crippen LogP contribution in [0.5, 0.6) is 0 Å². The van der Waals surface area contributed by atoms with E-state index in [4.69, 9.17) is 4.74 Å². The van der Waals surface area contributed by atoms with E-state index in [1.165, 1.54) is 12.1 Å². The van der Waals surface area contributed by atoms with Crippen molar-refractivity contribution >= 4 is 22.0 Å². The molecule has 0 fully saturated rings. The molecule has 0 heterocycles. The topological polar surface area (TPSA) is 38.3 Å². The number of alkyl carbamates (subject to hydrolysis) is 1. The van der Waals surface area contributed by atoms with E-state index in [-0.39, 0.29) is 12.4 Å². The molecule has 2 rings (SSSR count). The Morgan fingerprint density at radius 2 is 1.95 bits per heavy atom. The maximum atomic E-state index is 13.1. The lowest BCUT2D eigenvalue weighted by atomic mass is 10.1. The first-order chi connectivity index (χ1) is 10.1. The van der Waals surface area contributed by atoms with Crippen LogP contribution in [0.4, 0.5) is 9.18 Å². The fraction of sp³-hybridized carbons (Fsp3) is 0.188. The van der Waals surface area contributed by atoms with Crippen LogP contribution in [0.25, 0.3) is 0 Å². The van der Waals surface area contributed by atoms with Crippen molar-refractivity contribution in [3.05, 3.63) is 69.9 Å². The second kappa shape index (κ2) is 7.78. The van der Waals surface area contributed by atoms with Gasteiger partial charge in [0.05, 0.1) is 0 Å². The third-order valence-corrected chi connectivity index (χ3v) is 3.66. The molecule has 0 unspecified atom stereocenters. The van der Waals surface area contributed by atoms with Crippen LogP contribution in [-0.2, 0) is 17.8 Å². The molecule has 0 spiro atoms. The number of hydrogen-bond acceptors (Lipinski definition) is 2. The van der Waals surface area contributed by atoms with Crippen LogP contribution in [-0.4, -0.2) is 12.6 Å². The highest BCUT2D eigenvalue weighted by Crippen LogP contribution is 2.17. The molecule has 5 heteroatoms. The highest BCUT2D eigenvalue weighted by molar-refractivity contribution is 9.10. The summed E-state index contributed by atoms with van der Waals surface area (Å²) in [4.78, 5) is 11.5. The summed E-state index contributed by atoms with van der Waals surface area (Å²) < 4.78 is 19.0. The minimum atomic E-state index is -0.480. The van der Waals surface area contributed by atoms with Gasteiger partial charge in [0.2, 0.25) is 0 Å². The Kier molecular flexibility index (Phi) is 5.75. The van der Waals surface area contributed by atoms with Crippen LogP contribution in [0, 0.1) is 5.82 Å². The van der Waals surface area contributed by atoms with Crippen molar-refractivity contribution in [2.45, 2.75) is 13.0 Å². The summed E-state index contributed by atoms with van der Waals surface area (Å²) in [5, 5.41) is 2.64. The number of rotatable bonds is 5. The highest BCUT2D eigenvalue weighted by atomic mass is 79.9. The molecule has 0 saturated carbocycles. The van der Waals surface area contributed by atoms with Crippen molar-refractivity contribution in [1.29, 1.82) is 0 Å². The normalized spacial score (nSPS) is 10.2. The number of ether oxygens (including phenoxy) is 1. The Morgan fingerprint density at radius 3 is 2.71 bits per heavy atom. The van der Waals surface area contributed by atoms with Crippen LogP contribution in [0.15, 0.2) is 53.0 Å². The third-order valence-electron chi connectivity index (χ3n) is 2.88. The zero-order chi connectivity index (χ0) is 15.1. The molecular formula is C16H15BrFNO2. The van der Waals surface area contributed by atoms with E-state index in [2.05, 4.69) is 21.2 Å². The van der Waals surface area contributed by atoms with E-state index in [1.807, 2.05) is 30.3 Å². The van der Waals surface area contributed by atoms with Gasteiger partial charge < -0.3 is 10.1 Å². The van der Waals surface area contributed by atoms with Gasteiger partial charge in [0.25, 0.3) is 0 Å². The average Bonchev–Trinajstić information content (AvgIpc) is 2.50. The Labute approximate surface area is 131 Å². The summed E-state index contributed by atoms with van der Waals surface area (Å²) >= 11 is 3.35. The highest BCUT2D eigenvalue weighted by Gasteiger charge is 2.05. The molecule has 0 aliphatic carbocycles. The molecule has 3 nitrogen and oxygen atoms in total. The Balaban J connectivity index is 1.73. The molecule has 2 aromatic carbocycles. The van der Waals surface area contributed by atoms with Gasteiger partial charge in [-0.05, 0) is 35.7 Å². The maximum Gasteiger partial charge on any atom is 0.407 e. The van der Waals surface area contributed by atoms with Gasteiger partial charge in [0.1, 0.15) is 12.4 Å². The molecule has 1 N–H and O–H groups in total. The van der Waals surface area contributed by atoms with Crippen molar-refractivity contribution in [2.24, 2.45) is 0 Å². The summed E-state index contributed by atoms with van der Waals surface area (Å²) in [5.74, 6) is -0.292. The smallest absolute Gasteiger partial charge is 0.407 e. The van der Waals surface area contributed by atoms with Crippen molar-refractivity contribution in [3.63, 3.8) is 0 Å². The van der Waals surface area contributed by atoms with Crippen LogP contribution in [0.2, 0.25) is 0 Å². The van der Waals surface area contributed by atoms with Gasteiger partial charge in [0.15, 0.2) is 0 Å². The first kappa shape index (κ1) is 15.5. The quantitative estimate of drug-likeness (QED) is 0.882. The molecule has 0 radical (unpaired) electrons. The molecule has 110 valence electrons. The number of carbonyl (C=O) groups excluding carboxylic acids is 1. The van der Waals surface area contributed by atoms with Crippen molar-refractivity contribution < 1.29 is 13.9 Å². The molecule has 2 aromatic rings. The minimum Gasteiger partial charge on any atom is -0.445 e. The number of carbonyl (C=O) groups is 1. The lowest BCUT2D eigenvalue weighted by Crippen LogP contribution is -2.26. The Hall–Kier alpha value is -1.88. The molecule has 0 aliphatic heterocycles. The molecule has 21 heavy (non-hydrogen) atoms. The summed E-state index contributed by atoms with van der Waals surface area (Å²) in [6, 6.07) is 13.9. The van der Waals surface area contributed by atoms with E-state index in [1.54, 1.807) is 6.07 Å². The number of benzene rings is 2. The van der Waals surface area contributed by atoms with Crippen molar-refractivity contribution in [2.75, 3.05) is 6.54 Å². The summed E-state index contributed by atoms with van der Waals surface area (Å²) in [6.45, 7) is 0.617. The van der Waals surface area contributed by atoms with Crippen molar-refractivity contribution in [1.82, 2.24) is 5.32 Å². The van der Waals surface area contributed by atoms with E-state index >= 15 is 0 Å². The molecule has 0 aliphatic rings. The summed E-state index contributed by atoms with van der Waals surface area (Å²) in [6.07, 6.45) is 0.0464. The SMILES string of the molecule is O=C(NCCc1cc(F)ccc1Br)OCc1ccccc1. The molecule has 0 atom stereocenters. The lowest BCUT2D eigenvalue weighted by Gasteiger charge is -2.08. The number of nitrogens with one attached hydrogen (secondary N) is 1. The largest absolute Gasteiger partial charge is 0.445 e. The fourth-order valence-corrected chi connectivity index (χ4v) is 2.25. The molecular weight excluding hydrogens is 337 g/mol. The minimum absolute atomic E-state index is 0.232. The second-order valence-electron chi connectivity index (χ2n) is 4.47. The predicted molar refractivity (Wildman–Crippen MR) is 82.4 cm³/mol. The monoisotopic (exact) mass is 351 g/mol. The van der Waals surface area contributed by atoms with Gasteiger partial charge in [-0.3, -0.25) is 0 Å². The fourth-order valence-electron chi connectivity index (χ4n) is 1.81. The van der Waals surface area contributed by atoms with Gasteiger partial charge in [0, 0.05) is 11.0 Å². The van der Waals surface area contributed by atoms with Crippen LogP contribution >= 0.6 is 15.9 Å². The molecule has 0 bridgehead atoms. The van der Waals surface area contributed by atoms with E-state index in [0.29, 0.717) is 13.0 Å². The number of hydrogen-bond donors (Lipinski definition) is 1. The van der Waals surface area contributed by atoms with Crippen LogP contribution < -0.4 is 5.32 Å². The van der Waals surface area contributed by atoms with Gasteiger partial charge in [-0.15, -0.1) is 0 Å². The standard InChI is InChI=1S/C16H15BrFNO2/c17-15-7-6-14(18)10-13(15)8-9-19-16(20)21-11-12-4-2-1-3-5-12/h1-7,10H,8-9,11H2,(H,19,20). The maximum absolute atomic E-state index is 13.1. The first-order valence-corrected chi connectivity index (χ1v) is 7.33. The van der Waals surface area contributed by atoms with Gasteiger partial charge in [-0.25, -0.2) is 9.18 Å². The van der Waals surface area contributed by atoms with Crippen molar-refractivity contribution in [3.8, 4) is 0 Å². The third kappa shape index (κ3) is 5.19. The van der Waals surface area contributed by atoms with Crippen LogP contribution in [0.1, 0.15) is 11.1 Å². The second-order valence-corrected chi connectivity index (χ2v) is 5.33. The zero-order valence-electron chi connectivity index (χ0n) is 11.3. The van der Waals surface area contributed by atoms with Crippen LogP contribution in [0.3, 0.4) is 0 Å². The van der Waals surface area contributed by atoms with Gasteiger partial charge in [-0.2, -0.15) is 0 Å². The zero-order valence-corrected chi connectivity index (χ0v) is 12.9. The molecule has 0 aromatic heterocycles. The van der Waals surface area contributed by atoms with E-state index in [0.717, 1.165) is 15.6 Å². The molecule has 0 saturated heterocycles. The summed E-state index contributed by atoms with van der Waals surface area (Å²) in [5.41, 5.74) is 1.74. The number of amides is 1. The first-order valence-electron chi connectivity index (χ1n) is 6.53. The van der Waals surface area contributed by atoms with Gasteiger partial charge in [-0.1, -0.05) is 46.3 Å². The Bertz CT molecular complexity index is 604. The predicted octanol–water partition coefficient (Wildman–Crippen LogP) is 4.06. The average molecular weight is 352 g/mol. The van der Waals surface area contributed by atoms with E-state index < -0.39 is 6.09 Å². The number of halogens is 2. The lowest BCUT2D eigenvalue weighted by molar-refractivity contribution is 0.140. The summed E-state index contributed by atoms with van der Waals surface area (Å²) in [7, 11) is 0. The molecule has 1 amide bonds. The van der Waals surface area contributed by atoms with Gasteiger partial charge >= 0.3 is 6.09 Å². The Morgan fingerprint density at radius 1 is 1.19 bits per heavy atom. The van der Waals surface area contributed by atoms with E-state index in [9.17, 15) is 9.18 Å².